The summed E-state index contributed by atoms with van der Waals surface area (Å²) < 4.78 is 57.3. The van der Waals surface area contributed by atoms with Crippen LogP contribution in [-0.2, 0) is 4.74 Å². The molecule has 0 saturated carbocycles. The molecule has 0 radical (unpaired) electrons. The molecule has 0 aromatic heterocycles. The Bertz CT molecular complexity index is 993. The van der Waals surface area contributed by atoms with E-state index >= 15 is 0 Å². The summed E-state index contributed by atoms with van der Waals surface area (Å²) in [4.78, 5) is 25.9. The van der Waals surface area contributed by atoms with Crippen molar-refractivity contribution in [1.82, 2.24) is 10.2 Å². The van der Waals surface area contributed by atoms with Crippen molar-refractivity contribution in [2.24, 2.45) is 0 Å². The van der Waals surface area contributed by atoms with Crippen molar-refractivity contribution in [1.29, 1.82) is 0 Å². The maximum absolute atomic E-state index is 12.9. The molecule has 1 saturated heterocycles. The molecular weight excluding hydrogens is 469 g/mol. The molecule has 35 heavy (non-hydrogen) atoms. The van der Waals surface area contributed by atoms with Crippen molar-refractivity contribution in [2.45, 2.75) is 32.2 Å². The summed E-state index contributed by atoms with van der Waals surface area (Å²) in [5.74, 6) is 0.278. The van der Waals surface area contributed by atoms with Gasteiger partial charge in [0.15, 0.2) is 0 Å². The van der Waals surface area contributed by atoms with E-state index in [1.165, 1.54) is 18.2 Å². The van der Waals surface area contributed by atoms with Crippen LogP contribution < -0.4 is 19.5 Å². The third kappa shape index (κ3) is 8.58. The third-order valence-electron chi connectivity index (χ3n) is 5.07. The second-order valence-corrected chi connectivity index (χ2v) is 7.66. The molecule has 0 spiro atoms. The summed E-state index contributed by atoms with van der Waals surface area (Å²) in [6.07, 6.45) is -4.46. The number of hydrogen-bond donors (Lipinski definition) is 1. The Labute approximate surface area is 200 Å². The SMILES string of the molecule is CCOC(=O)NCCOc1cccc(C(=O)N2CCC(Oc3cccc(OC(F)(F)F)c3)CC2)c1. The Morgan fingerprint density at radius 3 is 2.43 bits per heavy atom. The predicted molar refractivity (Wildman–Crippen MR) is 120 cm³/mol. The average Bonchev–Trinajstić information content (AvgIpc) is 2.81. The van der Waals surface area contributed by atoms with Gasteiger partial charge in [-0.3, -0.25) is 4.79 Å². The van der Waals surface area contributed by atoms with E-state index < -0.39 is 12.5 Å². The summed E-state index contributed by atoms with van der Waals surface area (Å²) in [5.41, 5.74) is 0.470. The third-order valence-corrected chi connectivity index (χ3v) is 5.07. The highest BCUT2D eigenvalue weighted by Gasteiger charge is 2.31. The molecule has 8 nitrogen and oxygen atoms in total. The first-order chi connectivity index (χ1) is 16.7. The lowest BCUT2D eigenvalue weighted by atomic mass is 10.1. The van der Waals surface area contributed by atoms with E-state index in [0.717, 1.165) is 0 Å². The highest BCUT2D eigenvalue weighted by molar-refractivity contribution is 5.94. The number of carbonyl (C=O) groups is 2. The van der Waals surface area contributed by atoms with Gasteiger partial charge in [0, 0.05) is 37.6 Å². The molecule has 0 atom stereocenters. The molecule has 1 N–H and O–H groups in total. The van der Waals surface area contributed by atoms with Gasteiger partial charge in [0.1, 0.15) is 30.0 Å². The predicted octanol–water partition coefficient (Wildman–Crippen LogP) is 4.39. The molecule has 3 rings (SSSR count). The van der Waals surface area contributed by atoms with Crippen molar-refractivity contribution in [3.63, 3.8) is 0 Å². The molecule has 190 valence electrons. The van der Waals surface area contributed by atoms with Crippen molar-refractivity contribution in [3.8, 4) is 17.2 Å². The summed E-state index contributed by atoms with van der Waals surface area (Å²) >= 11 is 0. The van der Waals surface area contributed by atoms with Gasteiger partial charge in [0.2, 0.25) is 0 Å². The number of carbonyl (C=O) groups excluding carboxylic acids is 2. The number of hydrogen-bond acceptors (Lipinski definition) is 6. The fourth-order valence-corrected chi connectivity index (χ4v) is 3.52. The number of ether oxygens (including phenoxy) is 4. The van der Waals surface area contributed by atoms with E-state index in [1.54, 1.807) is 42.2 Å². The highest BCUT2D eigenvalue weighted by atomic mass is 19.4. The van der Waals surface area contributed by atoms with E-state index in [1.807, 2.05) is 0 Å². The van der Waals surface area contributed by atoms with Gasteiger partial charge in [-0.2, -0.15) is 0 Å². The number of amides is 2. The Balaban J connectivity index is 1.47. The van der Waals surface area contributed by atoms with Crippen LogP contribution in [0, 0.1) is 0 Å². The number of alkyl carbamates (subject to hydrolysis) is 1. The van der Waals surface area contributed by atoms with Crippen LogP contribution in [0.1, 0.15) is 30.1 Å². The fraction of sp³-hybridized carbons (Fsp3) is 0.417. The van der Waals surface area contributed by atoms with Crippen molar-refractivity contribution >= 4 is 12.0 Å². The number of nitrogens with one attached hydrogen (secondary N) is 1. The Morgan fingerprint density at radius 2 is 1.71 bits per heavy atom. The van der Waals surface area contributed by atoms with Gasteiger partial charge in [-0.1, -0.05) is 12.1 Å². The minimum Gasteiger partial charge on any atom is -0.492 e. The fourth-order valence-electron chi connectivity index (χ4n) is 3.52. The summed E-state index contributed by atoms with van der Waals surface area (Å²) in [5, 5.41) is 2.55. The number of likely N-dealkylation sites (tertiary alicyclic amines) is 1. The molecular formula is C24H27F3N2O6. The Hall–Kier alpha value is -3.63. The van der Waals surface area contributed by atoms with Gasteiger partial charge in [-0.25, -0.2) is 4.79 Å². The second-order valence-electron chi connectivity index (χ2n) is 7.66. The largest absolute Gasteiger partial charge is 0.573 e. The molecule has 2 aromatic rings. The quantitative estimate of drug-likeness (QED) is 0.518. The number of rotatable bonds is 9. The zero-order valence-electron chi connectivity index (χ0n) is 19.2. The molecule has 0 bridgehead atoms. The topological polar surface area (TPSA) is 86.3 Å². The van der Waals surface area contributed by atoms with Crippen LogP contribution in [0.2, 0.25) is 0 Å². The molecule has 1 aliphatic rings. The van der Waals surface area contributed by atoms with E-state index in [4.69, 9.17) is 14.2 Å². The van der Waals surface area contributed by atoms with Crippen LogP contribution in [0.15, 0.2) is 48.5 Å². The molecule has 2 amide bonds. The van der Waals surface area contributed by atoms with Crippen molar-refractivity contribution < 1.29 is 41.7 Å². The lowest BCUT2D eigenvalue weighted by Crippen LogP contribution is -2.41. The standard InChI is InChI=1S/C24H27F3N2O6/c1-2-32-23(31)28-11-14-33-19-6-3-5-17(15-19)22(30)29-12-9-18(10-13-29)34-20-7-4-8-21(16-20)35-24(25,26)27/h3-8,15-16,18H,2,9-14H2,1H3,(H,28,31). The number of nitrogens with zero attached hydrogens (tertiary/aromatic N) is 1. The van der Waals surface area contributed by atoms with Crippen LogP contribution in [0.4, 0.5) is 18.0 Å². The van der Waals surface area contributed by atoms with Gasteiger partial charge in [0.25, 0.3) is 5.91 Å². The van der Waals surface area contributed by atoms with E-state index in [2.05, 4.69) is 10.1 Å². The number of piperidine rings is 1. The van der Waals surface area contributed by atoms with E-state index in [9.17, 15) is 22.8 Å². The first-order valence-corrected chi connectivity index (χ1v) is 11.2. The maximum atomic E-state index is 12.9. The Morgan fingerprint density at radius 1 is 1.03 bits per heavy atom. The lowest BCUT2D eigenvalue weighted by molar-refractivity contribution is -0.274. The van der Waals surface area contributed by atoms with Crippen LogP contribution in [0.3, 0.4) is 0 Å². The zero-order valence-corrected chi connectivity index (χ0v) is 19.2. The van der Waals surface area contributed by atoms with E-state index in [-0.39, 0.29) is 43.3 Å². The van der Waals surface area contributed by atoms with Crippen LogP contribution in [-0.4, -0.2) is 62.2 Å². The molecule has 1 heterocycles. The number of alkyl halides is 3. The summed E-state index contributed by atoms with van der Waals surface area (Å²) in [7, 11) is 0. The van der Waals surface area contributed by atoms with Gasteiger partial charge in [-0.05, 0) is 37.3 Å². The molecule has 0 unspecified atom stereocenters. The van der Waals surface area contributed by atoms with Crippen LogP contribution in [0.25, 0.3) is 0 Å². The first kappa shape index (κ1) is 26.0. The minimum atomic E-state index is -4.77. The van der Waals surface area contributed by atoms with Crippen molar-refractivity contribution in [2.75, 3.05) is 32.8 Å². The van der Waals surface area contributed by atoms with Gasteiger partial charge >= 0.3 is 12.5 Å². The summed E-state index contributed by atoms with van der Waals surface area (Å²) in [6, 6.07) is 12.2. The smallest absolute Gasteiger partial charge is 0.492 e. The first-order valence-electron chi connectivity index (χ1n) is 11.2. The Kier molecular flexibility index (Phi) is 9.04. The molecule has 2 aromatic carbocycles. The van der Waals surface area contributed by atoms with Gasteiger partial charge in [-0.15, -0.1) is 13.2 Å². The summed E-state index contributed by atoms with van der Waals surface area (Å²) in [6.45, 7) is 3.35. The van der Waals surface area contributed by atoms with E-state index in [0.29, 0.717) is 37.2 Å². The maximum Gasteiger partial charge on any atom is 0.573 e. The molecule has 1 aliphatic heterocycles. The van der Waals surface area contributed by atoms with Crippen LogP contribution >= 0.6 is 0 Å². The van der Waals surface area contributed by atoms with Gasteiger partial charge in [0.05, 0.1) is 13.2 Å². The second kappa shape index (κ2) is 12.2. The van der Waals surface area contributed by atoms with Crippen LogP contribution in [0.5, 0.6) is 17.2 Å². The lowest BCUT2D eigenvalue weighted by Gasteiger charge is -2.32. The molecule has 0 aliphatic carbocycles. The molecule has 11 heteroatoms. The highest BCUT2D eigenvalue weighted by Crippen LogP contribution is 2.28. The normalized spacial score (nSPS) is 14.2. The number of halogens is 3. The minimum absolute atomic E-state index is 0.154. The van der Waals surface area contributed by atoms with Crippen molar-refractivity contribution in [3.05, 3.63) is 54.1 Å². The van der Waals surface area contributed by atoms with Gasteiger partial charge < -0.3 is 29.2 Å². The zero-order chi connectivity index (χ0) is 25.3. The molecule has 1 fully saturated rings. The average molecular weight is 496 g/mol. The number of benzene rings is 2. The monoisotopic (exact) mass is 496 g/mol.